The number of pyridine rings is 1. The molecule has 1 aliphatic carbocycles. The lowest BCUT2D eigenvalue weighted by molar-refractivity contribution is -0.134. The van der Waals surface area contributed by atoms with Gasteiger partial charge in [-0.2, -0.15) is 0 Å². The van der Waals surface area contributed by atoms with Crippen LogP contribution in [0.3, 0.4) is 0 Å². The minimum absolute atomic E-state index is 0.0110. The first kappa shape index (κ1) is 19.8. The standard InChI is InChI=1S/C21H31N3O3/c1-24(18-5-3-2-4-6-18)21(26)8-7-20(25)23-19-15-27-14-17(19)13-16-9-11-22-12-10-16/h9-12,17-19H,2-8,13-15H2,1H3,(H,23,25). The van der Waals surface area contributed by atoms with E-state index in [0.29, 0.717) is 19.3 Å². The highest BCUT2D eigenvalue weighted by Crippen LogP contribution is 2.22. The first-order valence-corrected chi connectivity index (χ1v) is 10.1. The van der Waals surface area contributed by atoms with E-state index in [0.717, 1.165) is 19.3 Å². The largest absolute Gasteiger partial charge is 0.379 e. The molecule has 1 saturated carbocycles. The van der Waals surface area contributed by atoms with Crippen molar-refractivity contribution in [1.29, 1.82) is 0 Å². The molecule has 2 aliphatic rings. The van der Waals surface area contributed by atoms with Crippen LogP contribution in [0.25, 0.3) is 0 Å². The zero-order chi connectivity index (χ0) is 19.1. The topological polar surface area (TPSA) is 71.5 Å². The maximum Gasteiger partial charge on any atom is 0.223 e. The van der Waals surface area contributed by atoms with E-state index in [1.165, 1.54) is 24.8 Å². The lowest BCUT2D eigenvalue weighted by atomic mass is 9.94. The summed E-state index contributed by atoms with van der Waals surface area (Å²) in [6.45, 7) is 1.19. The zero-order valence-electron chi connectivity index (χ0n) is 16.2. The third-order valence-electron chi connectivity index (χ3n) is 5.87. The number of nitrogens with one attached hydrogen (secondary N) is 1. The Bertz CT molecular complexity index is 616. The molecule has 1 aromatic rings. The second-order valence-electron chi connectivity index (χ2n) is 7.83. The Labute approximate surface area is 161 Å². The Balaban J connectivity index is 1.42. The van der Waals surface area contributed by atoms with E-state index >= 15 is 0 Å². The molecular formula is C21H31N3O3. The Hall–Kier alpha value is -1.95. The molecule has 3 rings (SSSR count). The van der Waals surface area contributed by atoms with Crippen molar-refractivity contribution in [2.45, 2.75) is 63.5 Å². The molecule has 2 heterocycles. The molecular weight excluding hydrogens is 342 g/mol. The molecule has 2 fully saturated rings. The molecule has 0 radical (unpaired) electrons. The normalized spacial score (nSPS) is 23.1. The number of hydrogen-bond donors (Lipinski definition) is 1. The number of rotatable bonds is 7. The molecule has 27 heavy (non-hydrogen) atoms. The summed E-state index contributed by atoms with van der Waals surface area (Å²) in [5.74, 6) is 0.278. The van der Waals surface area contributed by atoms with E-state index < -0.39 is 0 Å². The monoisotopic (exact) mass is 373 g/mol. The maximum absolute atomic E-state index is 12.4. The van der Waals surface area contributed by atoms with Crippen molar-refractivity contribution in [3.63, 3.8) is 0 Å². The van der Waals surface area contributed by atoms with Crippen molar-refractivity contribution < 1.29 is 14.3 Å². The molecule has 1 N–H and O–H groups in total. The molecule has 1 aromatic heterocycles. The predicted octanol–water partition coefficient (Wildman–Crippen LogP) is 2.33. The molecule has 0 bridgehead atoms. The first-order valence-electron chi connectivity index (χ1n) is 10.1. The summed E-state index contributed by atoms with van der Waals surface area (Å²) in [6.07, 6.45) is 10.8. The van der Waals surface area contributed by atoms with E-state index in [-0.39, 0.29) is 36.6 Å². The number of hydrogen-bond acceptors (Lipinski definition) is 4. The number of ether oxygens (including phenoxy) is 1. The van der Waals surface area contributed by atoms with Crippen LogP contribution in [0.1, 0.15) is 50.5 Å². The smallest absolute Gasteiger partial charge is 0.223 e. The van der Waals surface area contributed by atoms with Crippen molar-refractivity contribution in [3.05, 3.63) is 30.1 Å². The van der Waals surface area contributed by atoms with E-state index in [4.69, 9.17) is 4.74 Å². The highest BCUT2D eigenvalue weighted by molar-refractivity contribution is 5.84. The van der Waals surface area contributed by atoms with Crippen LogP contribution < -0.4 is 5.32 Å². The van der Waals surface area contributed by atoms with Crippen molar-refractivity contribution in [1.82, 2.24) is 15.2 Å². The SMILES string of the molecule is CN(C(=O)CCC(=O)NC1COCC1Cc1ccncc1)C1CCCCC1. The molecule has 0 spiro atoms. The van der Waals surface area contributed by atoms with Crippen LogP contribution in [0.15, 0.2) is 24.5 Å². The van der Waals surface area contributed by atoms with Crippen molar-refractivity contribution in [2.24, 2.45) is 5.92 Å². The molecule has 6 nitrogen and oxygen atoms in total. The number of aromatic nitrogens is 1. The Morgan fingerprint density at radius 3 is 2.63 bits per heavy atom. The summed E-state index contributed by atoms with van der Waals surface area (Å²) in [6, 6.07) is 4.35. The summed E-state index contributed by atoms with van der Waals surface area (Å²) in [7, 11) is 1.88. The van der Waals surface area contributed by atoms with Gasteiger partial charge in [-0.3, -0.25) is 14.6 Å². The Morgan fingerprint density at radius 1 is 1.15 bits per heavy atom. The molecule has 2 atom stereocenters. The van der Waals surface area contributed by atoms with Crippen molar-refractivity contribution in [3.8, 4) is 0 Å². The van der Waals surface area contributed by atoms with Gasteiger partial charge in [0, 0.05) is 44.2 Å². The molecule has 2 unspecified atom stereocenters. The summed E-state index contributed by atoms with van der Waals surface area (Å²) < 4.78 is 5.58. The second kappa shape index (κ2) is 9.83. The highest BCUT2D eigenvalue weighted by atomic mass is 16.5. The van der Waals surface area contributed by atoms with Gasteiger partial charge < -0.3 is 15.0 Å². The third-order valence-corrected chi connectivity index (χ3v) is 5.87. The second-order valence-corrected chi connectivity index (χ2v) is 7.83. The van der Waals surface area contributed by atoms with Crippen LogP contribution in [-0.4, -0.2) is 54.0 Å². The van der Waals surface area contributed by atoms with E-state index in [2.05, 4.69) is 10.3 Å². The third kappa shape index (κ3) is 5.76. The van der Waals surface area contributed by atoms with E-state index in [9.17, 15) is 9.59 Å². The van der Waals surface area contributed by atoms with E-state index in [1.807, 2.05) is 24.1 Å². The molecule has 1 saturated heterocycles. The van der Waals surface area contributed by atoms with Gasteiger partial charge >= 0.3 is 0 Å². The van der Waals surface area contributed by atoms with Gasteiger partial charge in [0.2, 0.25) is 11.8 Å². The lowest BCUT2D eigenvalue weighted by Crippen LogP contribution is -2.42. The fourth-order valence-electron chi connectivity index (χ4n) is 4.13. The van der Waals surface area contributed by atoms with Gasteiger partial charge in [-0.25, -0.2) is 0 Å². The number of amides is 2. The fourth-order valence-corrected chi connectivity index (χ4v) is 4.13. The van der Waals surface area contributed by atoms with Gasteiger partial charge in [0.15, 0.2) is 0 Å². The summed E-state index contributed by atoms with van der Waals surface area (Å²) in [4.78, 5) is 30.7. The number of carbonyl (C=O) groups is 2. The maximum atomic E-state index is 12.4. The minimum atomic E-state index is -0.0596. The fraction of sp³-hybridized carbons (Fsp3) is 0.667. The lowest BCUT2D eigenvalue weighted by Gasteiger charge is -2.31. The van der Waals surface area contributed by atoms with Gasteiger partial charge in [0.25, 0.3) is 0 Å². The van der Waals surface area contributed by atoms with Gasteiger partial charge in [-0.05, 0) is 37.0 Å². The van der Waals surface area contributed by atoms with Crippen LogP contribution in [0.5, 0.6) is 0 Å². The molecule has 2 amide bonds. The van der Waals surface area contributed by atoms with Gasteiger partial charge in [-0.1, -0.05) is 19.3 Å². The summed E-state index contributed by atoms with van der Waals surface area (Å²) >= 11 is 0. The van der Waals surface area contributed by atoms with Gasteiger partial charge in [0.05, 0.1) is 19.3 Å². The van der Waals surface area contributed by atoms with Crippen molar-refractivity contribution in [2.75, 3.05) is 20.3 Å². The molecule has 6 heteroatoms. The quantitative estimate of drug-likeness (QED) is 0.796. The average molecular weight is 373 g/mol. The molecule has 148 valence electrons. The molecule has 1 aliphatic heterocycles. The number of nitrogens with zero attached hydrogens (tertiary/aromatic N) is 2. The van der Waals surface area contributed by atoms with Crippen LogP contribution in [0, 0.1) is 5.92 Å². The molecule has 0 aromatic carbocycles. The minimum Gasteiger partial charge on any atom is -0.379 e. The van der Waals surface area contributed by atoms with Gasteiger partial charge in [-0.15, -0.1) is 0 Å². The Morgan fingerprint density at radius 2 is 1.89 bits per heavy atom. The summed E-state index contributed by atoms with van der Waals surface area (Å²) in [5.41, 5.74) is 1.20. The van der Waals surface area contributed by atoms with E-state index in [1.54, 1.807) is 12.4 Å². The first-order chi connectivity index (χ1) is 13.1. The highest BCUT2D eigenvalue weighted by Gasteiger charge is 2.30. The van der Waals surface area contributed by atoms with Crippen LogP contribution in [-0.2, 0) is 20.7 Å². The number of carbonyl (C=O) groups excluding carboxylic acids is 2. The Kier molecular flexibility index (Phi) is 7.21. The predicted molar refractivity (Wildman–Crippen MR) is 103 cm³/mol. The van der Waals surface area contributed by atoms with Crippen LogP contribution in [0.4, 0.5) is 0 Å². The van der Waals surface area contributed by atoms with Gasteiger partial charge in [0.1, 0.15) is 0 Å². The summed E-state index contributed by atoms with van der Waals surface area (Å²) in [5, 5.41) is 3.07. The zero-order valence-corrected chi connectivity index (χ0v) is 16.2. The average Bonchev–Trinajstić information content (AvgIpc) is 3.13. The van der Waals surface area contributed by atoms with Crippen LogP contribution >= 0.6 is 0 Å². The van der Waals surface area contributed by atoms with Crippen molar-refractivity contribution >= 4 is 11.8 Å². The van der Waals surface area contributed by atoms with Crippen LogP contribution in [0.2, 0.25) is 0 Å².